The summed E-state index contributed by atoms with van der Waals surface area (Å²) in [5.41, 5.74) is 0.883. The van der Waals surface area contributed by atoms with E-state index >= 15 is 0 Å². The van der Waals surface area contributed by atoms with Crippen molar-refractivity contribution in [1.29, 1.82) is 0 Å². The highest BCUT2D eigenvalue weighted by atomic mass is 19.1. The number of carbonyl (C=O) groups is 2. The van der Waals surface area contributed by atoms with Crippen LogP contribution in [0.5, 0.6) is 0 Å². The average Bonchev–Trinajstić information content (AvgIpc) is 3.01. The molecule has 0 radical (unpaired) electrons. The molecule has 0 amide bonds. The normalized spacial score (nSPS) is 11.3. The second-order valence-corrected chi connectivity index (χ2v) is 4.30. The lowest BCUT2D eigenvalue weighted by atomic mass is 10.0. The predicted octanol–water partition coefficient (Wildman–Crippen LogP) is 2.25. The molecule has 0 spiro atoms. The first-order chi connectivity index (χ1) is 10.5. The number of hydrogen-bond donors (Lipinski definition) is 2. The molecule has 0 bridgehead atoms. The highest BCUT2D eigenvalue weighted by Gasteiger charge is 2.15. The van der Waals surface area contributed by atoms with Gasteiger partial charge in [-0.25, -0.2) is 9.18 Å². The number of benzene rings is 1. The number of aromatic nitrogens is 2. The third-order valence-corrected chi connectivity index (χ3v) is 2.82. The standard InChI is InChI=1S/C15H13FN2O4/c1-2-22-15(21)14(20)6-13(19)9-3-4-12(16)11(5-9)10-7-17-18-8-10/h3-8,19H,2H2,1H3,(H,17,18). The molecule has 2 aromatic rings. The van der Waals surface area contributed by atoms with Crippen LogP contribution in [0.2, 0.25) is 0 Å². The molecule has 114 valence electrons. The van der Waals surface area contributed by atoms with E-state index in [9.17, 15) is 19.1 Å². The van der Waals surface area contributed by atoms with E-state index in [1.54, 1.807) is 6.92 Å². The Morgan fingerprint density at radius 1 is 1.45 bits per heavy atom. The van der Waals surface area contributed by atoms with Crippen LogP contribution in [0.3, 0.4) is 0 Å². The molecule has 1 aromatic carbocycles. The van der Waals surface area contributed by atoms with Crippen molar-refractivity contribution in [3.63, 3.8) is 0 Å². The van der Waals surface area contributed by atoms with Crippen LogP contribution in [-0.4, -0.2) is 33.7 Å². The molecule has 6 nitrogen and oxygen atoms in total. The summed E-state index contributed by atoms with van der Waals surface area (Å²) in [5.74, 6) is -3.02. The van der Waals surface area contributed by atoms with E-state index in [-0.39, 0.29) is 17.7 Å². The lowest BCUT2D eigenvalue weighted by Gasteiger charge is -2.05. The second kappa shape index (κ2) is 6.66. The number of nitrogens with one attached hydrogen (secondary N) is 1. The maximum absolute atomic E-state index is 13.8. The number of carbonyl (C=O) groups excluding carboxylic acids is 2. The third kappa shape index (κ3) is 3.38. The van der Waals surface area contributed by atoms with Crippen LogP contribution in [0.1, 0.15) is 12.5 Å². The topological polar surface area (TPSA) is 92.3 Å². The van der Waals surface area contributed by atoms with E-state index in [0.29, 0.717) is 5.56 Å². The van der Waals surface area contributed by atoms with Gasteiger partial charge in [0.1, 0.15) is 11.6 Å². The van der Waals surface area contributed by atoms with E-state index in [1.807, 2.05) is 0 Å². The number of aromatic amines is 1. The molecule has 0 saturated carbocycles. The minimum atomic E-state index is -1.06. The van der Waals surface area contributed by atoms with Crippen molar-refractivity contribution in [2.45, 2.75) is 6.92 Å². The number of aliphatic hydroxyl groups is 1. The van der Waals surface area contributed by atoms with Gasteiger partial charge in [0.15, 0.2) is 0 Å². The number of hydrogen-bond acceptors (Lipinski definition) is 5. The van der Waals surface area contributed by atoms with Crippen LogP contribution in [0.4, 0.5) is 4.39 Å². The van der Waals surface area contributed by atoms with Crippen LogP contribution in [0, 0.1) is 5.82 Å². The monoisotopic (exact) mass is 304 g/mol. The first kappa shape index (κ1) is 15.4. The Hall–Kier alpha value is -2.96. The molecule has 0 aliphatic carbocycles. The van der Waals surface area contributed by atoms with Crippen molar-refractivity contribution in [3.05, 3.63) is 48.0 Å². The van der Waals surface area contributed by atoms with Gasteiger partial charge in [0, 0.05) is 29.0 Å². The number of H-pyrrole nitrogens is 1. The lowest BCUT2D eigenvalue weighted by Crippen LogP contribution is -2.15. The molecule has 0 saturated heterocycles. The smallest absolute Gasteiger partial charge is 0.379 e. The quantitative estimate of drug-likeness (QED) is 0.382. The van der Waals surface area contributed by atoms with E-state index in [2.05, 4.69) is 14.9 Å². The second-order valence-electron chi connectivity index (χ2n) is 4.30. The maximum Gasteiger partial charge on any atom is 0.379 e. The Kier molecular flexibility index (Phi) is 4.67. The number of ether oxygens (including phenoxy) is 1. The highest BCUT2D eigenvalue weighted by molar-refractivity contribution is 6.39. The Bertz CT molecular complexity index is 723. The van der Waals surface area contributed by atoms with Gasteiger partial charge in [-0.2, -0.15) is 5.10 Å². The summed E-state index contributed by atoms with van der Waals surface area (Å²) in [6.07, 6.45) is 3.66. The zero-order valence-electron chi connectivity index (χ0n) is 11.7. The Labute approximate surface area is 125 Å². The van der Waals surface area contributed by atoms with Crippen molar-refractivity contribution in [2.75, 3.05) is 6.61 Å². The zero-order chi connectivity index (χ0) is 16.1. The molecular formula is C15H13FN2O4. The third-order valence-electron chi connectivity index (χ3n) is 2.82. The first-order valence-electron chi connectivity index (χ1n) is 6.43. The van der Waals surface area contributed by atoms with Gasteiger partial charge in [-0.1, -0.05) is 0 Å². The predicted molar refractivity (Wildman–Crippen MR) is 76.2 cm³/mol. The van der Waals surface area contributed by atoms with E-state index in [1.165, 1.54) is 24.5 Å². The summed E-state index contributed by atoms with van der Waals surface area (Å²) in [6, 6.07) is 3.80. The number of esters is 1. The van der Waals surface area contributed by atoms with Gasteiger partial charge in [0.25, 0.3) is 5.78 Å². The summed E-state index contributed by atoms with van der Waals surface area (Å²) in [5, 5.41) is 16.2. The van der Waals surface area contributed by atoms with Gasteiger partial charge in [-0.15, -0.1) is 0 Å². The van der Waals surface area contributed by atoms with Gasteiger partial charge < -0.3 is 9.84 Å². The van der Waals surface area contributed by atoms with E-state index in [4.69, 9.17) is 0 Å². The zero-order valence-corrected chi connectivity index (χ0v) is 11.7. The molecule has 0 aliphatic heterocycles. The van der Waals surface area contributed by atoms with Crippen LogP contribution >= 0.6 is 0 Å². The minimum Gasteiger partial charge on any atom is -0.507 e. The van der Waals surface area contributed by atoms with Crippen molar-refractivity contribution in [1.82, 2.24) is 10.2 Å². The van der Waals surface area contributed by atoms with Gasteiger partial charge >= 0.3 is 5.97 Å². The summed E-state index contributed by atoms with van der Waals surface area (Å²) in [6.45, 7) is 1.62. The molecule has 1 heterocycles. The van der Waals surface area contributed by atoms with Crippen molar-refractivity contribution < 1.29 is 23.8 Å². The summed E-state index contributed by atoms with van der Waals surface area (Å²) < 4.78 is 18.3. The molecular weight excluding hydrogens is 291 g/mol. The molecule has 0 atom stereocenters. The van der Waals surface area contributed by atoms with E-state index in [0.717, 1.165) is 12.1 Å². The number of ketones is 1. The van der Waals surface area contributed by atoms with E-state index < -0.39 is 23.3 Å². The summed E-state index contributed by atoms with van der Waals surface area (Å²) in [7, 11) is 0. The number of halogens is 1. The van der Waals surface area contributed by atoms with Crippen LogP contribution < -0.4 is 0 Å². The Morgan fingerprint density at radius 3 is 2.86 bits per heavy atom. The van der Waals surface area contributed by atoms with Gasteiger partial charge in [0.2, 0.25) is 0 Å². The highest BCUT2D eigenvalue weighted by Crippen LogP contribution is 2.25. The Morgan fingerprint density at radius 2 is 2.23 bits per heavy atom. The van der Waals surface area contributed by atoms with Gasteiger partial charge in [0.05, 0.1) is 12.8 Å². The number of nitrogens with zero attached hydrogens (tertiary/aromatic N) is 1. The summed E-state index contributed by atoms with van der Waals surface area (Å²) in [4.78, 5) is 22.7. The van der Waals surface area contributed by atoms with Crippen LogP contribution in [0.25, 0.3) is 16.9 Å². The fourth-order valence-electron chi connectivity index (χ4n) is 1.77. The van der Waals surface area contributed by atoms with Gasteiger partial charge in [-0.05, 0) is 25.1 Å². The fourth-order valence-corrected chi connectivity index (χ4v) is 1.77. The van der Waals surface area contributed by atoms with Gasteiger partial charge in [-0.3, -0.25) is 9.89 Å². The fraction of sp³-hybridized carbons (Fsp3) is 0.133. The number of rotatable bonds is 5. The van der Waals surface area contributed by atoms with Crippen LogP contribution in [-0.2, 0) is 14.3 Å². The van der Waals surface area contributed by atoms with Crippen LogP contribution in [0.15, 0.2) is 36.7 Å². The average molecular weight is 304 g/mol. The largest absolute Gasteiger partial charge is 0.507 e. The van der Waals surface area contributed by atoms with Crippen molar-refractivity contribution >= 4 is 17.5 Å². The Balaban J connectivity index is 2.31. The first-order valence-corrected chi connectivity index (χ1v) is 6.43. The summed E-state index contributed by atoms with van der Waals surface area (Å²) >= 11 is 0. The maximum atomic E-state index is 13.8. The molecule has 22 heavy (non-hydrogen) atoms. The lowest BCUT2D eigenvalue weighted by molar-refractivity contribution is -0.151. The molecule has 2 rings (SSSR count). The molecule has 1 aromatic heterocycles. The minimum absolute atomic E-state index is 0.0559. The molecule has 0 unspecified atom stereocenters. The molecule has 0 fully saturated rings. The van der Waals surface area contributed by atoms with Crippen molar-refractivity contribution in [3.8, 4) is 11.1 Å². The van der Waals surface area contributed by atoms with Crippen molar-refractivity contribution in [2.24, 2.45) is 0 Å². The number of aliphatic hydroxyl groups excluding tert-OH is 1. The molecule has 0 aliphatic rings. The molecule has 7 heteroatoms. The SMILES string of the molecule is CCOC(=O)C(=O)C=C(O)c1ccc(F)c(-c2cn[nH]c2)c1. The molecule has 2 N–H and O–H groups in total.